The Morgan fingerprint density at radius 2 is 1.94 bits per heavy atom. The number of benzene rings is 1. The van der Waals surface area contributed by atoms with Gasteiger partial charge in [-0.3, -0.25) is 0 Å². The first kappa shape index (κ1) is 12.7. The van der Waals surface area contributed by atoms with Crippen LogP contribution in [0.15, 0.2) is 52.0 Å². The van der Waals surface area contributed by atoms with Crippen molar-refractivity contribution in [1.82, 2.24) is 0 Å². The molecule has 96 valence electrons. The maximum absolute atomic E-state index is 11.6. The summed E-state index contributed by atoms with van der Waals surface area (Å²) in [6, 6.07) is 10.6. The molecule has 1 aromatic carbocycles. The fourth-order valence-electron chi connectivity index (χ4n) is 1.71. The van der Waals surface area contributed by atoms with Gasteiger partial charge in [0.25, 0.3) is 0 Å². The van der Waals surface area contributed by atoms with E-state index in [0.717, 1.165) is 5.76 Å². The summed E-state index contributed by atoms with van der Waals surface area (Å²) >= 11 is 0. The minimum Gasteiger partial charge on any atom is -0.469 e. The summed E-state index contributed by atoms with van der Waals surface area (Å²) in [6.07, 6.45) is 3.55. The zero-order valence-corrected chi connectivity index (χ0v) is 10.9. The molecule has 1 heterocycles. The van der Waals surface area contributed by atoms with Crippen LogP contribution in [-0.4, -0.2) is 21.2 Å². The summed E-state index contributed by atoms with van der Waals surface area (Å²) in [5.74, 6) is 0.874. The van der Waals surface area contributed by atoms with E-state index in [4.69, 9.17) is 4.42 Å². The number of nitrogens with one attached hydrogen (secondary N) is 1. The number of hydrogen-bond donors (Lipinski definition) is 1. The van der Waals surface area contributed by atoms with Crippen LogP contribution < -0.4 is 5.32 Å². The topological polar surface area (TPSA) is 59.3 Å². The second-order valence-corrected chi connectivity index (χ2v) is 6.01. The molecule has 0 spiro atoms. The normalized spacial score (nSPS) is 11.4. The van der Waals surface area contributed by atoms with Crippen LogP contribution >= 0.6 is 0 Å². The standard InChI is InChI=1S/C13H15NO3S/c1-18(15,16)13-7-3-2-6-12(13)14-9-8-11-5-4-10-17-11/h2-7,10,14H,8-9H2,1H3. The van der Waals surface area contributed by atoms with E-state index in [-0.39, 0.29) is 0 Å². The van der Waals surface area contributed by atoms with Crippen LogP contribution in [0, 0.1) is 0 Å². The van der Waals surface area contributed by atoms with Crippen LogP contribution in [0.2, 0.25) is 0 Å². The Balaban J connectivity index is 2.06. The molecule has 0 radical (unpaired) electrons. The van der Waals surface area contributed by atoms with E-state index in [0.29, 0.717) is 23.5 Å². The number of para-hydroxylation sites is 1. The molecule has 0 saturated heterocycles. The average molecular weight is 265 g/mol. The van der Waals surface area contributed by atoms with E-state index in [1.807, 2.05) is 18.2 Å². The van der Waals surface area contributed by atoms with Gasteiger partial charge in [-0.1, -0.05) is 12.1 Å². The minimum atomic E-state index is -3.20. The second-order valence-electron chi connectivity index (χ2n) is 4.02. The third-order valence-electron chi connectivity index (χ3n) is 2.55. The monoisotopic (exact) mass is 265 g/mol. The van der Waals surface area contributed by atoms with Crippen molar-refractivity contribution in [3.05, 3.63) is 48.4 Å². The highest BCUT2D eigenvalue weighted by molar-refractivity contribution is 7.90. The lowest BCUT2D eigenvalue weighted by Crippen LogP contribution is -2.08. The highest BCUT2D eigenvalue weighted by Crippen LogP contribution is 2.20. The van der Waals surface area contributed by atoms with Crippen molar-refractivity contribution in [2.75, 3.05) is 18.1 Å². The van der Waals surface area contributed by atoms with Gasteiger partial charge in [-0.2, -0.15) is 0 Å². The first-order valence-electron chi connectivity index (χ1n) is 5.63. The largest absolute Gasteiger partial charge is 0.469 e. The summed E-state index contributed by atoms with van der Waals surface area (Å²) in [7, 11) is -3.20. The molecule has 2 aromatic rings. The molecule has 0 unspecified atom stereocenters. The molecule has 0 amide bonds. The van der Waals surface area contributed by atoms with Gasteiger partial charge in [-0.05, 0) is 24.3 Å². The first-order valence-corrected chi connectivity index (χ1v) is 7.52. The molecule has 0 aliphatic rings. The van der Waals surface area contributed by atoms with Crippen LogP contribution in [0.5, 0.6) is 0 Å². The van der Waals surface area contributed by atoms with Crippen molar-refractivity contribution in [2.45, 2.75) is 11.3 Å². The number of sulfone groups is 1. The van der Waals surface area contributed by atoms with E-state index < -0.39 is 9.84 Å². The Morgan fingerprint density at radius 3 is 2.61 bits per heavy atom. The van der Waals surface area contributed by atoms with E-state index in [9.17, 15) is 8.42 Å². The Morgan fingerprint density at radius 1 is 1.17 bits per heavy atom. The summed E-state index contributed by atoms with van der Waals surface area (Å²) < 4.78 is 28.4. The molecule has 1 aromatic heterocycles. The van der Waals surface area contributed by atoms with Gasteiger partial charge in [-0.25, -0.2) is 8.42 Å². The molecule has 5 heteroatoms. The number of rotatable bonds is 5. The highest BCUT2D eigenvalue weighted by Gasteiger charge is 2.11. The van der Waals surface area contributed by atoms with E-state index in [1.54, 1.807) is 24.5 Å². The Hall–Kier alpha value is -1.75. The lowest BCUT2D eigenvalue weighted by molar-refractivity contribution is 0.513. The molecule has 0 saturated carbocycles. The van der Waals surface area contributed by atoms with Gasteiger partial charge in [0, 0.05) is 19.2 Å². The smallest absolute Gasteiger partial charge is 0.177 e. The Kier molecular flexibility index (Phi) is 3.72. The molecular weight excluding hydrogens is 250 g/mol. The summed E-state index contributed by atoms with van der Waals surface area (Å²) in [4.78, 5) is 0.324. The molecule has 1 N–H and O–H groups in total. The molecule has 4 nitrogen and oxygen atoms in total. The molecular formula is C13H15NO3S. The fourth-order valence-corrected chi connectivity index (χ4v) is 2.58. The molecule has 0 atom stereocenters. The van der Waals surface area contributed by atoms with Crippen molar-refractivity contribution >= 4 is 15.5 Å². The second kappa shape index (κ2) is 5.27. The zero-order chi connectivity index (χ0) is 13.0. The summed E-state index contributed by atoms with van der Waals surface area (Å²) in [6.45, 7) is 0.625. The number of furan rings is 1. The molecule has 18 heavy (non-hydrogen) atoms. The van der Waals surface area contributed by atoms with Gasteiger partial charge in [0.05, 0.1) is 16.8 Å². The number of anilines is 1. The maximum atomic E-state index is 11.6. The van der Waals surface area contributed by atoms with Crippen molar-refractivity contribution in [2.24, 2.45) is 0 Å². The first-order chi connectivity index (χ1) is 8.57. The lowest BCUT2D eigenvalue weighted by atomic mass is 10.3. The van der Waals surface area contributed by atoms with E-state index in [2.05, 4.69) is 5.32 Å². The predicted octanol–water partition coefficient (Wildman–Crippen LogP) is 2.34. The lowest BCUT2D eigenvalue weighted by Gasteiger charge is -2.09. The molecule has 0 aliphatic heterocycles. The van der Waals surface area contributed by atoms with Gasteiger partial charge < -0.3 is 9.73 Å². The summed E-state index contributed by atoms with van der Waals surface area (Å²) in [5.41, 5.74) is 0.631. The van der Waals surface area contributed by atoms with Crippen molar-refractivity contribution in [3.8, 4) is 0 Å². The maximum Gasteiger partial charge on any atom is 0.177 e. The molecule has 2 rings (SSSR count). The predicted molar refractivity (Wildman–Crippen MR) is 70.5 cm³/mol. The van der Waals surface area contributed by atoms with Crippen LogP contribution in [0.4, 0.5) is 5.69 Å². The third-order valence-corrected chi connectivity index (χ3v) is 3.71. The average Bonchev–Trinajstić information content (AvgIpc) is 2.81. The van der Waals surface area contributed by atoms with Gasteiger partial charge in [0.2, 0.25) is 0 Å². The van der Waals surface area contributed by atoms with Gasteiger partial charge in [0.15, 0.2) is 9.84 Å². The van der Waals surface area contributed by atoms with Crippen molar-refractivity contribution in [3.63, 3.8) is 0 Å². The van der Waals surface area contributed by atoms with Crippen LogP contribution in [0.1, 0.15) is 5.76 Å². The summed E-state index contributed by atoms with van der Waals surface area (Å²) in [5, 5.41) is 3.12. The fraction of sp³-hybridized carbons (Fsp3) is 0.231. The Labute approximate surface area is 107 Å². The molecule has 0 fully saturated rings. The third kappa shape index (κ3) is 3.13. The highest BCUT2D eigenvalue weighted by atomic mass is 32.2. The van der Waals surface area contributed by atoms with Crippen LogP contribution in [0.3, 0.4) is 0 Å². The van der Waals surface area contributed by atoms with Gasteiger partial charge >= 0.3 is 0 Å². The minimum absolute atomic E-state index is 0.324. The van der Waals surface area contributed by atoms with E-state index >= 15 is 0 Å². The quantitative estimate of drug-likeness (QED) is 0.901. The van der Waals surface area contributed by atoms with Crippen molar-refractivity contribution in [1.29, 1.82) is 0 Å². The SMILES string of the molecule is CS(=O)(=O)c1ccccc1NCCc1ccco1. The molecule has 0 bridgehead atoms. The number of hydrogen-bond acceptors (Lipinski definition) is 4. The van der Waals surface area contributed by atoms with Crippen LogP contribution in [-0.2, 0) is 16.3 Å². The molecule has 0 aliphatic carbocycles. The van der Waals surface area contributed by atoms with E-state index in [1.165, 1.54) is 6.26 Å². The van der Waals surface area contributed by atoms with Gasteiger partial charge in [-0.15, -0.1) is 0 Å². The Bertz CT molecular complexity index is 603. The van der Waals surface area contributed by atoms with Gasteiger partial charge in [0.1, 0.15) is 5.76 Å². The zero-order valence-electron chi connectivity index (χ0n) is 10.1. The van der Waals surface area contributed by atoms with Crippen molar-refractivity contribution < 1.29 is 12.8 Å². The van der Waals surface area contributed by atoms with Crippen LogP contribution in [0.25, 0.3) is 0 Å².